The highest BCUT2D eigenvalue weighted by molar-refractivity contribution is 6.32. The highest BCUT2D eigenvalue weighted by atomic mass is 35.5. The Hall–Kier alpha value is -2.17. The summed E-state index contributed by atoms with van der Waals surface area (Å²) >= 11 is 6.49. The summed E-state index contributed by atoms with van der Waals surface area (Å²) in [6.07, 6.45) is 7.78. The molecule has 0 aliphatic heterocycles. The first-order chi connectivity index (χ1) is 14.7. The van der Waals surface area contributed by atoms with E-state index in [-0.39, 0.29) is 22.3 Å². The summed E-state index contributed by atoms with van der Waals surface area (Å²) in [5.41, 5.74) is 8.27. The first-order valence-electron chi connectivity index (χ1n) is 11.0. The lowest BCUT2D eigenvalue weighted by molar-refractivity contribution is 0.145. The van der Waals surface area contributed by atoms with Crippen molar-refractivity contribution in [2.24, 2.45) is 11.7 Å². The van der Waals surface area contributed by atoms with Gasteiger partial charge in [-0.15, -0.1) is 0 Å². The molecule has 1 heterocycles. The number of aryl methyl sites for hydroxylation is 1. The van der Waals surface area contributed by atoms with Crippen molar-refractivity contribution in [1.82, 2.24) is 4.98 Å². The number of nitrogens with two attached hydrogens (primary N) is 1. The van der Waals surface area contributed by atoms with E-state index in [1.54, 1.807) is 24.4 Å². The lowest BCUT2D eigenvalue weighted by atomic mass is 9.57. The van der Waals surface area contributed by atoms with E-state index >= 15 is 0 Å². The van der Waals surface area contributed by atoms with Crippen LogP contribution >= 0.6 is 11.6 Å². The summed E-state index contributed by atoms with van der Waals surface area (Å²) in [6.45, 7) is 4.18. The molecule has 0 saturated heterocycles. The number of rotatable bonds is 5. The molecule has 1 aromatic heterocycles. The summed E-state index contributed by atoms with van der Waals surface area (Å²) in [5.74, 6) is 0.388. The lowest BCUT2D eigenvalue weighted by Gasteiger charge is -2.49. The van der Waals surface area contributed by atoms with Crippen LogP contribution in [0.2, 0.25) is 5.02 Å². The molecule has 0 bridgehead atoms. The van der Waals surface area contributed by atoms with E-state index in [1.165, 1.54) is 0 Å². The molecule has 1 aliphatic rings. The topological polar surface area (TPSA) is 58.9 Å². The van der Waals surface area contributed by atoms with Crippen molar-refractivity contribution in [3.05, 3.63) is 81.0 Å². The molecule has 1 saturated carbocycles. The molecular formula is C26H30ClFN2O. The number of pyridine rings is 1. The van der Waals surface area contributed by atoms with Crippen LogP contribution in [0, 0.1) is 11.7 Å². The van der Waals surface area contributed by atoms with E-state index in [0.29, 0.717) is 16.3 Å². The summed E-state index contributed by atoms with van der Waals surface area (Å²) in [7, 11) is 0. The first kappa shape index (κ1) is 22.0. The predicted molar refractivity (Wildman–Crippen MR) is 126 cm³/mol. The summed E-state index contributed by atoms with van der Waals surface area (Å²) in [5, 5.41) is 2.21. The third kappa shape index (κ3) is 4.28. The molecular weight excluding hydrogens is 411 g/mol. The molecule has 0 amide bonds. The monoisotopic (exact) mass is 440 g/mol. The van der Waals surface area contributed by atoms with Crippen LogP contribution in [0.4, 0.5) is 4.39 Å². The standard InChI is InChI=1S/C26H30ClFN2O/c1-25(2,29)26(20-5-7-21(28)8-6-20)12-9-17(10-13-26)3-4-19-15-18-11-14-30-24(31)22(18)16-23(19)27/h5-8,11,14-17H,3-4,9-10,12-13,29H2,1-2H3,(H,30,31). The zero-order chi connectivity index (χ0) is 22.2. The van der Waals surface area contributed by atoms with Gasteiger partial charge in [-0.2, -0.15) is 0 Å². The number of halogens is 2. The van der Waals surface area contributed by atoms with Crippen LogP contribution < -0.4 is 11.3 Å². The Balaban J connectivity index is 1.47. The zero-order valence-electron chi connectivity index (χ0n) is 18.2. The number of fused-ring (bicyclic) bond motifs is 1. The second-order valence-electron chi connectivity index (χ2n) is 9.63. The van der Waals surface area contributed by atoms with Gasteiger partial charge in [0.15, 0.2) is 0 Å². The van der Waals surface area contributed by atoms with E-state index in [2.05, 4.69) is 18.8 Å². The number of aromatic amines is 1. The molecule has 4 rings (SSSR count). The van der Waals surface area contributed by atoms with Crippen LogP contribution in [0.25, 0.3) is 10.8 Å². The molecule has 164 valence electrons. The van der Waals surface area contributed by atoms with Crippen molar-refractivity contribution in [2.75, 3.05) is 0 Å². The number of hydrogen-bond acceptors (Lipinski definition) is 2. The van der Waals surface area contributed by atoms with E-state index in [1.807, 2.05) is 24.3 Å². The van der Waals surface area contributed by atoms with Crippen molar-refractivity contribution in [2.45, 2.75) is 63.3 Å². The lowest BCUT2D eigenvalue weighted by Crippen LogP contribution is -2.55. The van der Waals surface area contributed by atoms with Crippen LogP contribution in [0.15, 0.2) is 53.5 Å². The molecule has 1 fully saturated rings. The number of hydrogen-bond donors (Lipinski definition) is 2. The molecule has 0 unspecified atom stereocenters. The fraction of sp³-hybridized carbons (Fsp3) is 0.423. The predicted octanol–water partition coefficient (Wildman–Crippen LogP) is 6.12. The fourth-order valence-corrected chi connectivity index (χ4v) is 5.60. The van der Waals surface area contributed by atoms with Crippen molar-refractivity contribution in [1.29, 1.82) is 0 Å². The quantitative estimate of drug-likeness (QED) is 0.502. The molecule has 3 nitrogen and oxygen atoms in total. The minimum absolute atomic E-state index is 0.111. The summed E-state index contributed by atoms with van der Waals surface area (Å²) in [4.78, 5) is 14.7. The van der Waals surface area contributed by atoms with Gasteiger partial charge in [-0.25, -0.2) is 4.39 Å². The smallest absolute Gasteiger partial charge is 0.255 e. The normalized spacial score (nSPS) is 22.0. The Morgan fingerprint density at radius 1 is 1.16 bits per heavy atom. The van der Waals surface area contributed by atoms with Gasteiger partial charge in [0.1, 0.15) is 5.82 Å². The van der Waals surface area contributed by atoms with Crippen LogP contribution in [0.5, 0.6) is 0 Å². The van der Waals surface area contributed by atoms with Crippen LogP contribution in [0.3, 0.4) is 0 Å². The van der Waals surface area contributed by atoms with Gasteiger partial charge in [-0.3, -0.25) is 4.79 Å². The molecule has 5 heteroatoms. The first-order valence-corrected chi connectivity index (χ1v) is 11.4. The average Bonchev–Trinajstić information content (AvgIpc) is 2.73. The highest BCUT2D eigenvalue weighted by Crippen LogP contribution is 2.48. The molecule has 0 spiro atoms. The van der Waals surface area contributed by atoms with Gasteiger partial charge in [0, 0.05) is 27.6 Å². The van der Waals surface area contributed by atoms with E-state index in [4.69, 9.17) is 17.3 Å². The molecule has 3 aromatic rings. The van der Waals surface area contributed by atoms with Crippen LogP contribution in [-0.4, -0.2) is 10.5 Å². The molecule has 0 radical (unpaired) electrons. The molecule has 3 N–H and O–H groups in total. The Bertz CT molecular complexity index is 1120. The van der Waals surface area contributed by atoms with Gasteiger partial charge < -0.3 is 10.7 Å². The van der Waals surface area contributed by atoms with Gasteiger partial charge in [-0.1, -0.05) is 23.7 Å². The van der Waals surface area contributed by atoms with E-state index < -0.39 is 0 Å². The van der Waals surface area contributed by atoms with E-state index in [0.717, 1.165) is 55.0 Å². The van der Waals surface area contributed by atoms with Crippen molar-refractivity contribution >= 4 is 22.4 Å². The largest absolute Gasteiger partial charge is 0.329 e. The molecule has 1 aliphatic carbocycles. The number of benzene rings is 2. The summed E-state index contributed by atoms with van der Waals surface area (Å²) < 4.78 is 13.5. The summed E-state index contributed by atoms with van der Waals surface area (Å²) in [6, 6.07) is 12.6. The maximum atomic E-state index is 13.5. The Kier molecular flexibility index (Phi) is 5.97. The van der Waals surface area contributed by atoms with Gasteiger partial charge in [0.05, 0.1) is 0 Å². The highest BCUT2D eigenvalue weighted by Gasteiger charge is 2.46. The molecule has 0 atom stereocenters. The fourth-order valence-electron chi connectivity index (χ4n) is 5.34. The van der Waals surface area contributed by atoms with Crippen molar-refractivity contribution in [3.63, 3.8) is 0 Å². The minimum Gasteiger partial charge on any atom is -0.329 e. The van der Waals surface area contributed by atoms with Crippen molar-refractivity contribution < 1.29 is 4.39 Å². The SMILES string of the molecule is CC(C)(N)C1(c2ccc(F)cc2)CCC(CCc2cc3cc[nH]c(=O)c3cc2Cl)CC1. The third-order valence-electron chi connectivity index (χ3n) is 7.35. The van der Waals surface area contributed by atoms with Gasteiger partial charge in [0.25, 0.3) is 5.56 Å². The Morgan fingerprint density at radius 2 is 1.84 bits per heavy atom. The van der Waals surface area contributed by atoms with Crippen LogP contribution in [-0.2, 0) is 11.8 Å². The van der Waals surface area contributed by atoms with Gasteiger partial charge in [0.2, 0.25) is 0 Å². The number of aromatic nitrogens is 1. The minimum atomic E-state index is -0.384. The van der Waals surface area contributed by atoms with Crippen LogP contribution in [0.1, 0.15) is 57.1 Å². The third-order valence-corrected chi connectivity index (χ3v) is 7.70. The Morgan fingerprint density at radius 3 is 2.48 bits per heavy atom. The second kappa shape index (κ2) is 8.40. The van der Waals surface area contributed by atoms with Gasteiger partial charge >= 0.3 is 0 Å². The Labute approximate surface area is 187 Å². The maximum absolute atomic E-state index is 13.5. The van der Waals surface area contributed by atoms with E-state index in [9.17, 15) is 9.18 Å². The number of H-pyrrole nitrogens is 1. The number of nitrogens with one attached hydrogen (secondary N) is 1. The molecule has 31 heavy (non-hydrogen) atoms. The zero-order valence-corrected chi connectivity index (χ0v) is 18.9. The van der Waals surface area contributed by atoms with Crippen molar-refractivity contribution in [3.8, 4) is 0 Å². The maximum Gasteiger partial charge on any atom is 0.255 e. The second-order valence-corrected chi connectivity index (χ2v) is 10.0. The molecule has 2 aromatic carbocycles. The van der Waals surface area contributed by atoms with Gasteiger partial charge in [-0.05, 0) is 105 Å². The average molecular weight is 441 g/mol.